The first kappa shape index (κ1) is 13.9. The molecule has 0 N–H and O–H groups in total. The molecule has 0 spiro atoms. The zero-order valence-corrected chi connectivity index (χ0v) is 12.2. The molecule has 0 unspecified atom stereocenters. The van der Waals surface area contributed by atoms with Crippen LogP contribution in [-0.2, 0) is 17.2 Å². The Bertz CT molecular complexity index is 604. The summed E-state index contributed by atoms with van der Waals surface area (Å²) in [7, 11) is 3.53. The van der Waals surface area contributed by atoms with Crippen LogP contribution in [-0.4, -0.2) is 34.5 Å². The Kier molecular flexibility index (Phi) is 4.10. The molecule has 0 saturated heterocycles. The summed E-state index contributed by atoms with van der Waals surface area (Å²) < 4.78 is 2.04. The Labute approximate surface area is 118 Å². The van der Waals surface area contributed by atoms with Crippen molar-refractivity contribution in [2.24, 2.45) is 0 Å². The molecule has 1 aromatic heterocycles. The summed E-state index contributed by atoms with van der Waals surface area (Å²) in [5.74, 6) is 1.27. The number of hydrogen-bond donors (Lipinski definition) is 0. The quantitative estimate of drug-likeness (QED) is 0.807. The maximum atomic E-state index is 11.7. The maximum Gasteiger partial charge on any atom is 0.223 e. The Morgan fingerprint density at radius 1 is 1.42 bits per heavy atom. The van der Waals surface area contributed by atoms with Gasteiger partial charge in [0, 0.05) is 27.1 Å². The molecule has 0 saturated carbocycles. The molecule has 0 aliphatic heterocycles. The minimum absolute atomic E-state index is 0.107. The largest absolute Gasteiger partial charge is 0.349 e. The van der Waals surface area contributed by atoms with Gasteiger partial charge in [0.1, 0.15) is 5.82 Å². The molecular formula is C14H18ClN3O. The highest BCUT2D eigenvalue weighted by molar-refractivity contribution is 6.16. The van der Waals surface area contributed by atoms with E-state index in [1.165, 1.54) is 5.56 Å². The number of nitrogens with zero attached hydrogens (tertiary/aromatic N) is 3. The van der Waals surface area contributed by atoms with Gasteiger partial charge in [-0.2, -0.15) is 0 Å². The zero-order valence-electron chi connectivity index (χ0n) is 11.5. The van der Waals surface area contributed by atoms with E-state index in [2.05, 4.69) is 11.1 Å². The average Bonchev–Trinajstić information content (AvgIpc) is 2.72. The second-order valence-electron chi connectivity index (χ2n) is 4.84. The number of amides is 1. The second-order valence-corrected chi connectivity index (χ2v) is 5.11. The molecule has 1 amide bonds. The Morgan fingerprint density at radius 2 is 2.16 bits per heavy atom. The molecule has 0 aliphatic carbocycles. The van der Waals surface area contributed by atoms with E-state index in [-0.39, 0.29) is 5.91 Å². The predicted octanol–water partition coefficient (Wildman–Crippen LogP) is 2.56. The number of aryl methyl sites for hydroxylation is 2. The van der Waals surface area contributed by atoms with Crippen molar-refractivity contribution in [1.29, 1.82) is 0 Å². The molecule has 5 heteroatoms. The second kappa shape index (κ2) is 5.61. The van der Waals surface area contributed by atoms with Crippen LogP contribution in [0.4, 0.5) is 0 Å². The van der Waals surface area contributed by atoms with Crippen LogP contribution < -0.4 is 0 Å². The molecule has 2 rings (SSSR count). The van der Waals surface area contributed by atoms with Crippen LogP contribution in [0, 0.1) is 6.92 Å². The third-order valence-corrected chi connectivity index (χ3v) is 3.39. The van der Waals surface area contributed by atoms with Gasteiger partial charge in [-0.1, -0.05) is 6.07 Å². The molecule has 0 aliphatic rings. The summed E-state index contributed by atoms with van der Waals surface area (Å²) in [6.45, 7) is 2.65. The molecule has 4 nitrogen and oxygen atoms in total. The lowest BCUT2D eigenvalue weighted by Gasteiger charge is -2.12. The lowest BCUT2D eigenvalue weighted by atomic mass is 10.2. The summed E-state index contributed by atoms with van der Waals surface area (Å²) in [6, 6.07) is 6.10. The molecular weight excluding hydrogens is 262 g/mol. The van der Waals surface area contributed by atoms with Crippen molar-refractivity contribution in [3.05, 3.63) is 29.6 Å². The van der Waals surface area contributed by atoms with Crippen molar-refractivity contribution < 1.29 is 4.79 Å². The van der Waals surface area contributed by atoms with Gasteiger partial charge in [0.2, 0.25) is 5.91 Å². The van der Waals surface area contributed by atoms with Gasteiger partial charge in [-0.25, -0.2) is 4.98 Å². The van der Waals surface area contributed by atoms with Crippen LogP contribution in [0.25, 0.3) is 11.0 Å². The molecule has 1 aromatic carbocycles. The van der Waals surface area contributed by atoms with E-state index >= 15 is 0 Å². The van der Waals surface area contributed by atoms with E-state index in [9.17, 15) is 4.79 Å². The molecule has 0 fully saturated rings. The van der Waals surface area contributed by atoms with Crippen molar-refractivity contribution in [2.45, 2.75) is 25.8 Å². The first-order valence-electron chi connectivity index (χ1n) is 6.25. The number of carbonyl (C=O) groups is 1. The van der Waals surface area contributed by atoms with Gasteiger partial charge in [-0.05, 0) is 24.6 Å². The lowest BCUT2D eigenvalue weighted by molar-refractivity contribution is -0.128. The third kappa shape index (κ3) is 2.89. The number of alkyl halides is 1. The van der Waals surface area contributed by atoms with E-state index in [0.29, 0.717) is 18.8 Å². The van der Waals surface area contributed by atoms with Gasteiger partial charge in [-0.15, -0.1) is 11.6 Å². The summed E-state index contributed by atoms with van der Waals surface area (Å²) >= 11 is 5.94. The van der Waals surface area contributed by atoms with E-state index in [4.69, 9.17) is 11.6 Å². The van der Waals surface area contributed by atoms with E-state index in [1.807, 2.05) is 23.6 Å². The fourth-order valence-corrected chi connectivity index (χ4v) is 2.27. The van der Waals surface area contributed by atoms with Crippen LogP contribution in [0.5, 0.6) is 0 Å². The normalized spacial score (nSPS) is 10.9. The number of carbonyl (C=O) groups excluding carboxylic acids is 1. The van der Waals surface area contributed by atoms with Crippen molar-refractivity contribution >= 4 is 28.5 Å². The fourth-order valence-electron chi connectivity index (χ4n) is 2.07. The molecule has 0 bridgehead atoms. The van der Waals surface area contributed by atoms with Crippen molar-refractivity contribution in [3.63, 3.8) is 0 Å². The molecule has 0 radical (unpaired) electrons. The van der Waals surface area contributed by atoms with E-state index in [0.717, 1.165) is 16.9 Å². The Hall–Kier alpha value is -1.55. The van der Waals surface area contributed by atoms with Gasteiger partial charge in [0.25, 0.3) is 0 Å². The van der Waals surface area contributed by atoms with E-state index < -0.39 is 0 Å². The zero-order chi connectivity index (χ0) is 14.0. The fraction of sp³-hybridized carbons (Fsp3) is 0.429. The highest BCUT2D eigenvalue weighted by Crippen LogP contribution is 2.19. The lowest BCUT2D eigenvalue weighted by Crippen LogP contribution is -2.23. The van der Waals surface area contributed by atoms with Crippen molar-refractivity contribution in [1.82, 2.24) is 14.5 Å². The van der Waals surface area contributed by atoms with Crippen LogP contribution in [0.1, 0.15) is 17.8 Å². The van der Waals surface area contributed by atoms with Gasteiger partial charge in [-0.3, -0.25) is 4.79 Å². The minimum Gasteiger partial charge on any atom is -0.349 e. The number of fused-ring (bicyclic) bond motifs is 1. The molecule has 2 aromatic rings. The van der Waals surface area contributed by atoms with Crippen LogP contribution in [0.2, 0.25) is 0 Å². The number of aromatic nitrogens is 2. The standard InChI is InChI=1S/C14H18ClN3O/c1-10-4-5-11-12(8-10)18(13(9-15)16-11)7-6-14(19)17(2)3/h4-5,8H,6-7,9H2,1-3H3. The molecule has 0 atom stereocenters. The number of rotatable bonds is 4. The summed E-state index contributed by atoms with van der Waals surface area (Å²) in [5, 5.41) is 0. The van der Waals surface area contributed by atoms with Crippen molar-refractivity contribution in [3.8, 4) is 0 Å². The van der Waals surface area contributed by atoms with E-state index in [1.54, 1.807) is 19.0 Å². The van der Waals surface area contributed by atoms with Crippen molar-refractivity contribution in [2.75, 3.05) is 14.1 Å². The number of benzene rings is 1. The summed E-state index contributed by atoms with van der Waals surface area (Å²) in [6.07, 6.45) is 0.455. The summed E-state index contributed by atoms with van der Waals surface area (Å²) in [5.41, 5.74) is 3.15. The molecule has 102 valence electrons. The van der Waals surface area contributed by atoms with Crippen LogP contribution in [0.3, 0.4) is 0 Å². The predicted molar refractivity (Wildman–Crippen MR) is 77.3 cm³/mol. The van der Waals surface area contributed by atoms with Gasteiger partial charge >= 0.3 is 0 Å². The SMILES string of the molecule is Cc1ccc2nc(CCl)n(CCC(=O)N(C)C)c2c1. The number of halogens is 1. The monoisotopic (exact) mass is 279 g/mol. The molecule has 1 heterocycles. The number of imidazole rings is 1. The minimum atomic E-state index is 0.107. The smallest absolute Gasteiger partial charge is 0.223 e. The van der Waals surface area contributed by atoms with Gasteiger partial charge < -0.3 is 9.47 Å². The van der Waals surface area contributed by atoms with Gasteiger partial charge in [0.05, 0.1) is 16.9 Å². The number of hydrogen-bond acceptors (Lipinski definition) is 2. The Morgan fingerprint density at radius 3 is 2.79 bits per heavy atom. The maximum absolute atomic E-state index is 11.7. The first-order chi connectivity index (χ1) is 9.02. The van der Waals surface area contributed by atoms with Gasteiger partial charge in [0.15, 0.2) is 0 Å². The first-order valence-corrected chi connectivity index (χ1v) is 6.78. The Balaban J connectivity index is 2.34. The molecule has 19 heavy (non-hydrogen) atoms. The third-order valence-electron chi connectivity index (χ3n) is 3.15. The average molecular weight is 280 g/mol. The van der Waals surface area contributed by atoms with Crippen LogP contribution >= 0.6 is 11.6 Å². The summed E-state index contributed by atoms with van der Waals surface area (Å²) in [4.78, 5) is 17.8. The topological polar surface area (TPSA) is 38.1 Å². The van der Waals surface area contributed by atoms with Crippen LogP contribution in [0.15, 0.2) is 18.2 Å². The highest BCUT2D eigenvalue weighted by Gasteiger charge is 2.12. The highest BCUT2D eigenvalue weighted by atomic mass is 35.5.